The van der Waals surface area contributed by atoms with Crippen LogP contribution in [-0.2, 0) is 0 Å². The highest BCUT2D eigenvalue weighted by molar-refractivity contribution is 9.10. The average Bonchev–Trinajstić information content (AvgIpc) is 4.28. The third-order valence-electron chi connectivity index (χ3n) is 12.6. The minimum absolute atomic E-state index is 0.711. The number of aromatic amines is 1. The number of benzene rings is 8. The highest BCUT2D eigenvalue weighted by Crippen LogP contribution is 2.34. The van der Waals surface area contributed by atoms with Gasteiger partial charge in [0.1, 0.15) is 11.4 Å². The molecule has 0 aliphatic rings. The van der Waals surface area contributed by atoms with Crippen LogP contribution in [0, 0.1) is 0 Å². The molecule has 8 aromatic carbocycles. The van der Waals surface area contributed by atoms with Gasteiger partial charge in [0.2, 0.25) is 0 Å². The summed E-state index contributed by atoms with van der Waals surface area (Å²) in [5, 5.41) is 23.1. The zero-order valence-electron chi connectivity index (χ0n) is 39.2. The van der Waals surface area contributed by atoms with Crippen LogP contribution >= 0.6 is 15.9 Å². The summed E-state index contributed by atoms with van der Waals surface area (Å²) in [6, 6.07) is 82.3. The molecule has 6 heterocycles. The summed E-state index contributed by atoms with van der Waals surface area (Å²) in [4.78, 5) is 12.3. The predicted molar refractivity (Wildman–Crippen MR) is 298 cm³/mol. The number of halogens is 1. The molecule has 0 saturated heterocycles. The summed E-state index contributed by atoms with van der Waals surface area (Å²) in [6.07, 6.45) is 3.54. The molecule has 0 aliphatic carbocycles. The molecule has 11 heteroatoms. The molecule has 0 atom stereocenters. The molecule has 6 aromatic heterocycles. The molecule has 14 aromatic rings. The van der Waals surface area contributed by atoms with Gasteiger partial charge in [0, 0.05) is 77.6 Å². The van der Waals surface area contributed by atoms with Gasteiger partial charge in [-0.05, 0) is 109 Å². The van der Waals surface area contributed by atoms with E-state index < -0.39 is 0 Å². The first-order valence-corrected chi connectivity index (χ1v) is 24.6. The first-order valence-electron chi connectivity index (χ1n) is 23.8. The van der Waals surface area contributed by atoms with Crippen molar-refractivity contribution in [3.8, 4) is 62.9 Å². The van der Waals surface area contributed by atoms with Crippen molar-refractivity contribution >= 4 is 59.5 Å². The monoisotopic (exact) mass is 1010 g/mol. The molecule has 1 N–H and O–H groups in total. The Morgan fingerprint density at radius 2 is 0.671 bits per heavy atom. The zero-order chi connectivity index (χ0) is 48.9. The van der Waals surface area contributed by atoms with Crippen LogP contribution in [0.2, 0.25) is 0 Å². The van der Waals surface area contributed by atoms with E-state index in [0.717, 1.165) is 61.5 Å². The van der Waals surface area contributed by atoms with Crippen LogP contribution in [-0.4, -0.2) is 49.0 Å². The van der Waals surface area contributed by atoms with E-state index in [1.807, 2.05) is 114 Å². The van der Waals surface area contributed by atoms with Crippen LogP contribution in [0.25, 0.3) is 106 Å². The normalized spacial score (nSPS) is 11.1. The van der Waals surface area contributed by atoms with Gasteiger partial charge in [0.05, 0.1) is 11.0 Å². The molecular weight excluding hydrogens is 965 g/mol. The Labute approximate surface area is 428 Å². The van der Waals surface area contributed by atoms with Crippen LogP contribution in [0.5, 0.6) is 0 Å². The summed E-state index contributed by atoms with van der Waals surface area (Å²) < 4.78 is 7.45. The Kier molecular flexibility index (Phi) is 12.2. The number of H-pyrrole nitrogens is 1. The molecule has 0 saturated carbocycles. The number of fused-ring (bicyclic) bond motifs is 6. The largest absolute Gasteiger partial charge is 0.355 e. The molecule has 0 spiro atoms. The molecule has 10 nitrogen and oxygen atoms in total. The number of rotatable bonds is 7. The zero-order valence-corrected chi connectivity index (χ0v) is 40.7. The van der Waals surface area contributed by atoms with Crippen molar-refractivity contribution < 1.29 is 0 Å². The SMILES string of the molecule is Brc1ccc(-c2nnc(-c3ccccn3)n2-c2ccccc2)cc1.c1ccc(-n2c(-c3ccc(-n4c5ccccc5c5ccccc54)cc3)nnc2-c2ccccn2)cc1.c1ccc2c(c1)[nH]c1ccccc12. The number of hydrogen-bond donors (Lipinski definition) is 1. The topological polar surface area (TPSA) is 108 Å². The molecule has 0 aliphatic heterocycles. The minimum atomic E-state index is 0.711. The Bertz CT molecular complexity index is 4030. The van der Waals surface area contributed by atoms with E-state index in [-0.39, 0.29) is 0 Å². The van der Waals surface area contributed by atoms with Gasteiger partial charge in [-0.2, -0.15) is 0 Å². The number of hydrogen-bond acceptors (Lipinski definition) is 6. The van der Waals surface area contributed by atoms with Crippen molar-refractivity contribution in [2.24, 2.45) is 0 Å². The summed E-state index contributed by atoms with van der Waals surface area (Å²) in [6.45, 7) is 0. The highest BCUT2D eigenvalue weighted by Gasteiger charge is 2.20. The standard InChI is InChI=1S/C31H21N5.C19H13BrN4.C12H9N/c1-2-10-23(11-3-1)36-30(33-34-31(36)27-14-8-9-21-32-27)22-17-19-24(20-18-22)35-28-15-6-4-12-25(28)26-13-5-7-16-29(26)35;20-15-11-9-14(10-12-15)18-22-23-19(17-8-4-5-13-21-17)24(18)16-6-2-1-3-7-16;1-3-7-11-9(5-1)10-6-2-4-8-12(10)13-11/h1-21H;1-13H;1-8,13H. The van der Waals surface area contributed by atoms with E-state index in [1.54, 1.807) is 12.4 Å². The minimum Gasteiger partial charge on any atom is -0.355 e. The molecule has 0 amide bonds. The number of pyridine rings is 2. The Hall–Kier alpha value is -9.58. The average molecular weight is 1010 g/mol. The maximum absolute atomic E-state index is 4.60. The second-order valence-electron chi connectivity index (χ2n) is 17.1. The van der Waals surface area contributed by atoms with Gasteiger partial charge in [-0.15, -0.1) is 20.4 Å². The highest BCUT2D eigenvalue weighted by atomic mass is 79.9. The van der Waals surface area contributed by atoms with Crippen molar-refractivity contribution in [2.45, 2.75) is 0 Å². The van der Waals surface area contributed by atoms with Crippen LogP contribution in [0.4, 0.5) is 0 Å². The van der Waals surface area contributed by atoms with E-state index in [9.17, 15) is 0 Å². The Morgan fingerprint density at radius 1 is 0.301 bits per heavy atom. The third-order valence-corrected chi connectivity index (χ3v) is 13.2. The van der Waals surface area contributed by atoms with Gasteiger partial charge >= 0.3 is 0 Å². The van der Waals surface area contributed by atoms with Crippen molar-refractivity contribution in [3.63, 3.8) is 0 Å². The number of aromatic nitrogens is 10. The van der Waals surface area contributed by atoms with Crippen LogP contribution in [0.1, 0.15) is 0 Å². The van der Waals surface area contributed by atoms with E-state index >= 15 is 0 Å². The number of nitrogens with one attached hydrogen (secondary N) is 1. The van der Waals surface area contributed by atoms with E-state index in [1.165, 1.54) is 43.6 Å². The molecule has 0 unspecified atom stereocenters. The van der Waals surface area contributed by atoms with Crippen molar-refractivity contribution in [2.75, 3.05) is 0 Å². The first kappa shape index (κ1) is 44.6. The lowest BCUT2D eigenvalue weighted by molar-refractivity contribution is 1.06. The second-order valence-corrected chi connectivity index (χ2v) is 18.0. The van der Waals surface area contributed by atoms with E-state index in [0.29, 0.717) is 5.82 Å². The van der Waals surface area contributed by atoms with Gasteiger partial charge in [0.25, 0.3) is 0 Å². The van der Waals surface area contributed by atoms with Gasteiger partial charge in [-0.1, -0.05) is 149 Å². The Morgan fingerprint density at radius 3 is 1.12 bits per heavy atom. The third kappa shape index (κ3) is 8.85. The molecular formula is C62H43BrN10. The molecule has 0 bridgehead atoms. The van der Waals surface area contributed by atoms with Gasteiger partial charge < -0.3 is 9.55 Å². The van der Waals surface area contributed by atoms with Gasteiger partial charge in [-0.25, -0.2) is 0 Å². The fourth-order valence-electron chi connectivity index (χ4n) is 9.27. The van der Waals surface area contributed by atoms with Crippen LogP contribution in [0.15, 0.2) is 260 Å². The molecule has 0 fully saturated rings. The maximum Gasteiger partial charge on any atom is 0.187 e. The number of para-hydroxylation sites is 6. The van der Waals surface area contributed by atoms with Crippen molar-refractivity contribution in [1.82, 2.24) is 49.0 Å². The lowest BCUT2D eigenvalue weighted by Crippen LogP contribution is -2.01. The molecule has 348 valence electrons. The number of nitrogens with zero attached hydrogens (tertiary/aromatic N) is 9. The first-order chi connectivity index (χ1) is 36.2. The lowest BCUT2D eigenvalue weighted by Gasteiger charge is -2.12. The van der Waals surface area contributed by atoms with Crippen molar-refractivity contribution in [1.29, 1.82) is 0 Å². The maximum atomic E-state index is 4.60. The van der Waals surface area contributed by atoms with Gasteiger partial charge in [-0.3, -0.25) is 19.1 Å². The van der Waals surface area contributed by atoms with Gasteiger partial charge in [0.15, 0.2) is 23.3 Å². The summed E-state index contributed by atoms with van der Waals surface area (Å²) in [7, 11) is 0. The predicted octanol–water partition coefficient (Wildman–Crippen LogP) is 15.2. The summed E-state index contributed by atoms with van der Waals surface area (Å²) >= 11 is 3.47. The van der Waals surface area contributed by atoms with Crippen LogP contribution < -0.4 is 0 Å². The lowest BCUT2D eigenvalue weighted by atomic mass is 10.1. The Balaban J connectivity index is 0.000000125. The van der Waals surface area contributed by atoms with E-state index in [4.69, 9.17) is 0 Å². The second kappa shape index (κ2) is 20.0. The fraction of sp³-hybridized carbons (Fsp3) is 0. The quantitative estimate of drug-likeness (QED) is 0.170. The molecule has 0 radical (unpaired) electrons. The van der Waals surface area contributed by atoms with E-state index in [2.05, 4.69) is 194 Å². The summed E-state index contributed by atoms with van der Waals surface area (Å²) in [5.74, 6) is 2.99. The van der Waals surface area contributed by atoms with Crippen LogP contribution in [0.3, 0.4) is 0 Å². The smallest absolute Gasteiger partial charge is 0.187 e. The molecule has 73 heavy (non-hydrogen) atoms. The fourth-order valence-corrected chi connectivity index (χ4v) is 9.53. The molecule has 14 rings (SSSR count). The van der Waals surface area contributed by atoms with Crippen molar-refractivity contribution in [3.05, 3.63) is 260 Å². The summed E-state index contributed by atoms with van der Waals surface area (Å²) in [5.41, 5.74) is 11.5.